The number of aliphatic carboxylic acids is 1. The van der Waals surface area contributed by atoms with E-state index in [1.54, 1.807) is 0 Å². The van der Waals surface area contributed by atoms with Gasteiger partial charge in [0.05, 0.1) is 17.4 Å². The predicted molar refractivity (Wildman–Crippen MR) is 106 cm³/mol. The van der Waals surface area contributed by atoms with Crippen LogP contribution in [0.3, 0.4) is 0 Å². The molecular formula is C19H24F2N4O7. The highest BCUT2D eigenvalue weighted by Gasteiger charge is 2.35. The summed E-state index contributed by atoms with van der Waals surface area (Å²) < 4.78 is 43.0. The smallest absolute Gasteiger partial charge is 0.334 e. The maximum Gasteiger partial charge on any atom is 0.334 e. The number of pyridine rings is 1. The average molecular weight is 458 g/mol. The van der Waals surface area contributed by atoms with Gasteiger partial charge in [-0.1, -0.05) is 0 Å². The number of ether oxygens (including phenoxy) is 3. The van der Waals surface area contributed by atoms with E-state index in [-0.39, 0.29) is 41.1 Å². The van der Waals surface area contributed by atoms with E-state index in [1.165, 1.54) is 39.7 Å². The summed E-state index contributed by atoms with van der Waals surface area (Å²) >= 11 is 0. The Morgan fingerprint density at radius 1 is 1.34 bits per heavy atom. The normalized spacial score (nSPS) is 12.8. The molecule has 13 heteroatoms. The Kier molecular flexibility index (Phi) is 8.69. The number of hydrogen-bond acceptors (Lipinski definition) is 8. The Morgan fingerprint density at radius 2 is 2.03 bits per heavy atom. The molecule has 1 atom stereocenters. The molecule has 0 aliphatic rings. The van der Waals surface area contributed by atoms with E-state index in [1.807, 2.05) is 0 Å². The van der Waals surface area contributed by atoms with Gasteiger partial charge < -0.3 is 19.3 Å². The van der Waals surface area contributed by atoms with Gasteiger partial charge in [0, 0.05) is 39.5 Å². The van der Waals surface area contributed by atoms with E-state index >= 15 is 0 Å². The van der Waals surface area contributed by atoms with Crippen LogP contribution in [0.4, 0.5) is 14.5 Å². The molecule has 0 spiro atoms. The van der Waals surface area contributed by atoms with Crippen LogP contribution in [0.25, 0.3) is 11.3 Å². The predicted octanol–water partition coefficient (Wildman–Crippen LogP) is 3.21. The van der Waals surface area contributed by atoms with Crippen LogP contribution in [0.2, 0.25) is 0 Å². The Hall–Kier alpha value is -3.03. The number of methoxy groups -OCH3 is 3. The Labute approximate surface area is 182 Å². The summed E-state index contributed by atoms with van der Waals surface area (Å²) in [5.41, 5.74) is -0.733. The van der Waals surface area contributed by atoms with Crippen molar-refractivity contribution in [1.82, 2.24) is 14.8 Å². The van der Waals surface area contributed by atoms with Gasteiger partial charge in [0.15, 0.2) is 5.69 Å². The van der Waals surface area contributed by atoms with E-state index in [2.05, 4.69) is 10.1 Å². The molecular weight excluding hydrogens is 434 g/mol. The Bertz CT molecular complexity index is 934. The number of carboxylic acid groups (broad SMARTS) is 1. The van der Waals surface area contributed by atoms with Crippen LogP contribution in [0.15, 0.2) is 24.5 Å². The van der Waals surface area contributed by atoms with Crippen LogP contribution in [0.1, 0.15) is 31.5 Å². The lowest BCUT2D eigenvalue weighted by Gasteiger charge is -2.31. The summed E-state index contributed by atoms with van der Waals surface area (Å²) in [6.45, 7) is -3.06. The van der Waals surface area contributed by atoms with Crippen molar-refractivity contribution in [1.29, 1.82) is 0 Å². The van der Waals surface area contributed by atoms with Gasteiger partial charge in [-0.15, -0.1) is 0 Å². The molecule has 1 unspecified atom stereocenters. The second kappa shape index (κ2) is 11.0. The lowest BCUT2D eigenvalue weighted by molar-refractivity contribution is -0.384. The number of rotatable bonds is 13. The van der Waals surface area contributed by atoms with Crippen LogP contribution in [-0.2, 0) is 24.8 Å². The number of nitro groups is 1. The van der Waals surface area contributed by atoms with Crippen molar-refractivity contribution in [2.24, 2.45) is 5.92 Å². The SMILES string of the molecule is COCC(CCCC(OC)(OC)c1cc(-c2c([N+](=O)[O-])cnn2C(F)F)ccn1)C(=O)O. The molecule has 0 aliphatic carbocycles. The van der Waals surface area contributed by atoms with E-state index < -0.39 is 34.8 Å². The standard InChI is InChI=1S/C19H24F2N4O7/c1-30-11-13(17(26)27)5-4-7-19(31-2,32-3)15-9-12(6-8-22-15)16-14(25(28)29)10-23-24(16)18(20)21/h6,8-10,13,18H,4-5,7,11H2,1-3H3,(H,26,27). The zero-order chi connectivity index (χ0) is 23.9. The third kappa shape index (κ3) is 5.41. The topological polar surface area (TPSA) is 139 Å². The second-order valence-corrected chi connectivity index (χ2v) is 6.83. The first-order valence-electron chi connectivity index (χ1n) is 9.49. The van der Waals surface area contributed by atoms with E-state index in [0.717, 1.165) is 6.20 Å². The molecule has 0 aliphatic heterocycles. The molecule has 2 heterocycles. The molecule has 2 aromatic heterocycles. The van der Waals surface area contributed by atoms with Gasteiger partial charge >= 0.3 is 18.2 Å². The Morgan fingerprint density at radius 3 is 2.56 bits per heavy atom. The highest BCUT2D eigenvalue weighted by Crippen LogP contribution is 2.37. The van der Waals surface area contributed by atoms with Crippen molar-refractivity contribution >= 4 is 11.7 Å². The van der Waals surface area contributed by atoms with Crippen molar-refractivity contribution in [2.45, 2.75) is 31.6 Å². The lowest BCUT2D eigenvalue weighted by atomic mass is 9.97. The highest BCUT2D eigenvalue weighted by atomic mass is 19.3. The van der Waals surface area contributed by atoms with Crippen molar-refractivity contribution in [2.75, 3.05) is 27.9 Å². The molecule has 176 valence electrons. The fourth-order valence-corrected chi connectivity index (χ4v) is 3.39. The van der Waals surface area contributed by atoms with Crippen LogP contribution >= 0.6 is 0 Å². The fraction of sp³-hybridized carbons (Fsp3) is 0.526. The van der Waals surface area contributed by atoms with Crippen LogP contribution < -0.4 is 0 Å². The minimum Gasteiger partial charge on any atom is -0.481 e. The van der Waals surface area contributed by atoms with Gasteiger partial charge in [-0.25, -0.2) is 0 Å². The summed E-state index contributed by atoms with van der Waals surface area (Å²) in [6, 6.07) is 2.68. The monoisotopic (exact) mass is 458 g/mol. The van der Waals surface area contributed by atoms with Crippen LogP contribution in [0, 0.1) is 16.0 Å². The van der Waals surface area contributed by atoms with E-state index in [0.29, 0.717) is 6.42 Å². The first-order valence-corrected chi connectivity index (χ1v) is 9.49. The largest absolute Gasteiger partial charge is 0.481 e. The number of alkyl halides is 2. The molecule has 0 radical (unpaired) electrons. The number of nitrogens with zero attached hydrogens (tertiary/aromatic N) is 4. The molecule has 0 aromatic carbocycles. The summed E-state index contributed by atoms with van der Waals surface area (Å²) in [4.78, 5) is 26.0. The fourth-order valence-electron chi connectivity index (χ4n) is 3.39. The highest BCUT2D eigenvalue weighted by molar-refractivity contribution is 5.70. The molecule has 2 rings (SSSR count). The number of hydrogen-bond donors (Lipinski definition) is 1. The van der Waals surface area contributed by atoms with Crippen molar-refractivity contribution in [3.05, 3.63) is 40.3 Å². The third-order valence-electron chi connectivity index (χ3n) is 5.02. The van der Waals surface area contributed by atoms with Gasteiger partial charge in [-0.05, 0) is 25.0 Å². The average Bonchev–Trinajstić information content (AvgIpc) is 3.22. The van der Waals surface area contributed by atoms with Gasteiger partial charge in [-0.2, -0.15) is 18.6 Å². The van der Waals surface area contributed by atoms with Crippen molar-refractivity contribution < 1.29 is 37.8 Å². The summed E-state index contributed by atoms with van der Waals surface area (Å²) in [6.07, 6.45) is 2.84. The van der Waals surface area contributed by atoms with Gasteiger partial charge in [-0.3, -0.25) is 19.9 Å². The van der Waals surface area contributed by atoms with Gasteiger partial charge in [0.2, 0.25) is 5.79 Å². The molecule has 1 N–H and O–H groups in total. The molecule has 11 nitrogen and oxygen atoms in total. The van der Waals surface area contributed by atoms with Gasteiger partial charge in [0.25, 0.3) is 0 Å². The van der Waals surface area contributed by atoms with E-state index in [9.17, 15) is 28.8 Å². The van der Waals surface area contributed by atoms with Crippen molar-refractivity contribution in [3.63, 3.8) is 0 Å². The summed E-state index contributed by atoms with van der Waals surface area (Å²) in [5, 5.41) is 24.0. The molecule has 0 bridgehead atoms. The molecule has 0 saturated heterocycles. The first-order chi connectivity index (χ1) is 15.2. The number of aromatic nitrogens is 3. The Balaban J connectivity index is 2.40. The minimum absolute atomic E-state index is 0.0390. The zero-order valence-electron chi connectivity index (χ0n) is 17.7. The first kappa shape index (κ1) is 25.2. The molecule has 2 aromatic rings. The van der Waals surface area contributed by atoms with Crippen molar-refractivity contribution in [3.8, 4) is 11.3 Å². The van der Waals surface area contributed by atoms with Gasteiger partial charge in [0.1, 0.15) is 11.9 Å². The maximum absolute atomic E-state index is 13.4. The van der Waals surface area contributed by atoms with E-state index in [4.69, 9.17) is 14.2 Å². The quantitative estimate of drug-likeness (QED) is 0.272. The zero-order valence-corrected chi connectivity index (χ0v) is 17.7. The summed E-state index contributed by atoms with van der Waals surface area (Å²) in [5.74, 6) is -3.16. The number of carbonyl (C=O) groups is 1. The second-order valence-electron chi connectivity index (χ2n) is 6.83. The third-order valence-corrected chi connectivity index (χ3v) is 5.02. The molecule has 0 saturated carbocycles. The number of carboxylic acids is 1. The lowest BCUT2D eigenvalue weighted by Crippen LogP contribution is -2.32. The molecule has 0 fully saturated rings. The molecule has 0 amide bonds. The summed E-state index contributed by atoms with van der Waals surface area (Å²) in [7, 11) is 4.12. The molecule has 32 heavy (non-hydrogen) atoms. The van der Waals surface area contributed by atoms with Crippen LogP contribution in [-0.4, -0.2) is 58.7 Å². The van der Waals surface area contributed by atoms with Crippen LogP contribution in [0.5, 0.6) is 0 Å². The minimum atomic E-state index is -3.10. The number of halogens is 2. The maximum atomic E-state index is 13.4.